The van der Waals surface area contributed by atoms with Crippen LogP contribution in [-0.2, 0) is 9.59 Å². The number of carbonyl (C=O) groups is 2. The summed E-state index contributed by atoms with van der Waals surface area (Å²) in [5.74, 6) is 24.4. The Bertz CT molecular complexity index is 3080. The van der Waals surface area contributed by atoms with Crippen LogP contribution in [0.2, 0.25) is 0 Å². The lowest BCUT2D eigenvalue weighted by molar-refractivity contribution is -0.125. The van der Waals surface area contributed by atoms with E-state index in [-0.39, 0.29) is 36.7 Å². The molecule has 0 bridgehead atoms. The van der Waals surface area contributed by atoms with E-state index >= 15 is 0 Å². The molecule has 0 aromatic rings. The number of rotatable bonds is 38. The first-order valence-corrected chi connectivity index (χ1v) is 65.6. The first-order valence-electron chi connectivity index (χ1n) is 65.6. The van der Waals surface area contributed by atoms with E-state index in [9.17, 15) is 19.8 Å². The van der Waals surface area contributed by atoms with Crippen LogP contribution in [0.4, 0.5) is 0 Å². The van der Waals surface area contributed by atoms with Gasteiger partial charge in [-0.25, -0.2) is 0 Å². The van der Waals surface area contributed by atoms with Crippen LogP contribution >= 0.6 is 0 Å². The molecule has 2 amide bonds. The van der Waals surface area contributed by atoms with Crippen molar-refractivity contribution in [3.05, 3.63) is 0 Å². The number of carbonyl (C=O) groups excluding carboxylic acids is 2. The molecule has 13 fully saturated rings. The van der Waals surface area contributed by atoms with Crippen LogP contribution in [0.25, 0.3) is 0 Å². The quantitative estimate of drug-likeness (QED) is 0.0463. The lowest BCUT2D eigenvalue weighted by atomic mass is 9.57. The van der Waals surface area contributed by atoms with E-state index < -0.39 is 12.2 Å². The molecule has 0 radical (unpaired) electrons. The molecule has 13 aliphatic rings. The molecule has 800 valence electrons. The van der Waals surface area contributed by atoms with Crippen molar-refractivity contribution in [1.82, 2.24) is 10.6 Å². The molecule has 0 aliphatic heterocycles. The fourth-order valence-corrected chi connectivity index (χ4v) is 36.8. The Kier molecular flexibility index (Phi) is 53.8. The van der Waals surface area contributed by atoms with Gasteiger partial charge in [0, 0.05) is 12.1 Å². The van der Waals surface area contributed by atoms with E-state index in [1.54, 1.807) is 199 Å². The monoisotopic (exact) mass is 1920 g/mol. The Labute approximate surface area is 858 Å². The summed E-state index contributed by atoms with van der Waals surface area (Å²) in [4.78, 5) is 28.7. The molecule has 6 heteroatoms. The van der Waals surface area contributed by atoms with Gasteiger partial charge >= 0.3 is 0 Å². The summed E-state index contributed by atoms with van der Waals surface area (Å²) in [6, 6.07) is 0.199. The van der Waals surface area contributed by atoms with Gasteiger partial charge in [-0.15, -0.1) is 0 Å². The predicted octanol–water partition coefficient (Wildman–Crippen LogP) is 39.1. The second-order valence-corrected chi connectivity index (χ2v) is 54.9. The van der Waals surface area contributed by atoms with Crippen molar-refractivity contribution < 1.29 is 19.8 Å². The Hall–Kier alpha value is -1.14. The van der Waals surface area contributed by atoms with Gasteiger partial charge < -0.3 is 20.8 Å². The molecule has 24 atom stereocenters. The average Bonchev–Trinajstić information content (AvgIpc) is 0.780. The van der Waals surface area contributed by atoms with Crippen LogP contribution in [0.5, 0.6) is 0 Å². The fraction of sp³-hybridized carbons (Fsp3) is 0.985. The van der Waals surface area contributed by atoms with Gasteiger partial charge in [0.15, 0.2) is 0 Å². The topological polar surface area (TPSA) is 98.7 Å². The van der Waals surface area contributed by atoms with E-state index in [4.69, 9.17) is 0 Å². The molecule has 0 aromatic heterocycles. The van der Waals surface area contributed by atoms with Crippen molar-refractivity contribution in [1.29, 1.82) is 0 Å². The number of amides is 2. The summed E-state index contributed by atoms with van der Waals surface area (Å²) in [5, 5.41) is 30.2. The van der Waals surface area contributed by atoms with Crippen molar-refractivity contribution in [3.63, 3.8) is 0 Å². The SMILES string of the molecule is CCCCCCCCCCC[C@H](O)CC(=O)NC1CC(C2CC(C3CCCC(C4CCCC(C5CC(C6CCCC(C7CCCCCCC7)CCC6)CC(C6CCCC(C7CCCC(C8CCCCCC(C9CCCCCCC9)C8)CC(C8CCCCCCC8)C7)CCC6)C[C@@H](C)C5)CC(C)C4)CC(C4CCCCCCC4)C3)C(C)CC2NC(=O)C[C@@H](O)CCCCCCCCCCC)CCC1C. The molecule has 13 saturated carbocycles. The second-order valence-electron chi connectivity index (χ2n) is 54.9. The largest absolute Gasteiger partial charge is 0.393 e. The van der Waals surface area contributed by atoms with E-state index in [2.05, 4.69) is 52.2 Å². The van der Waals surface area contributed by atoms with Crippen LogP contribution in [0.15, 0.2) is 0 Å². The zero-order valence-corrected chi connectivity index (χ0v) is 93.2. The van der Waals surface area contributed by atoms with Crippen molar-refractivity contribution >= 4 is 11.8 Å². The minimum Gasteiger partial charge on any atom is -0.393 e. The normalized spacial score (nSPS) is 37.4. The van der Waals surface area contributed by atoms with Gasteiger partial charge in [0.25, 0.3) is 0 Å². The lowest BCUT2D eigenvalue weighted by Gasteiger charge is -2.50. The van der Waals surface area contributed by atoms with E-state index in [1.807, 2.05) is 0 Å². The van der Waals surface area contributed by atoms with Gasteiger partial charge in [-0.2, -0.15) is 0 Å². The van der Waals surface area contributed by atoms with Gasteiger partial charge in [-0.1, -0.05) is 504 Å². The van der Waals surface area contributed by atoms with Gasteiger partial charge in [-0.3, -0.25) is 9.59 Å². The maximum Gasteiger partial charge on any atom is 0.222 e. The zero-order chi connectivity index (χ0) is 96.1. The molecule has 21 unspecified atom stereocenters. The van der Waals surface area contributed by atoms with Gasteiger partial charge in [-0.05, 0) is 281 Å². The van der Waals surface area contributed by atoms with Gasteiger partial charge in [0.2, 0.25) is 11.8 Å². The molecule has 13 rings (SSSR count). The maximum absolute atomic E-state index is 14.6. The molecule has 0 heterocycles. The number of hydrogen-bond donors (Lipinski definition) is 4. The summed E-state index contributed by atoms with van der Waals surface area (Å²) >= 11 is 0. The molecule has 6 nitrogen and oxygen atoms in total. The van der Waals surface area contributed by atoms with Crippen molar-refractivity contribution in [2.24, 2.45) is 166 Å². The molecule has 0 aromatic carbocycles. The minimum atomic E-state index is -0.582. The highest BCUT2D eigenvalue weighted by molar-refractivity contribution is 5.77. The van der Waals surface area contributed by atoms with Crippen LogP contribution in [0.1, 0.15) is 632 Å². The fourth-order valence-electron chi connectivity index (χ4n) is 36.8. The lowest BCUT2D eigenvalue weighted by Crippen LogP contribution is -2.53. The first-order chi connectivity index (χ1) is 67.7. The highest BCUT2D eigenvalue weighted by Gasteiger charge is 2.49. The van der Waals surface area contributed by atoms with Crippen LogP contribution in [0, 0.1) is 166 Å². The molecule has 0 spiro atoms. The molecule has 4 N–H and O–H groups in total. The third-order valence-electron chi connectivity index (χ3n) is 44.7. The van der Waals surface area contributed by atoms with Crippen LogP contribution < -0.4 is 10.6 Å². The Morgan fingerprint density at radius 3 is 0.797 bits per heavy atom. The highest BCUT2D eigenvalue weighted by atomic mass is 16.3. The maximum atomic E-state index is 14.6. The second kappa shape index (κ2) is 65.1. The molecular weight excluding hydrogens is 1680 g/mol. The van der Waals surface area contributed by atoms with Crippen LogP contribution in [0.3, 0.4) is 0 Å². The Morgan fingerprint density at radius 2 is 0.428 bits per heavy atom. The highest BCUT2D eigenvalue weighted by Crippen LogP contribution is 2.57. The molecule has 13 aliphatic carbocycles. The third kappa shape index (κ3) is 39.3. The Morgan fingerprint density at radius 1 is 0.203 bits per heavy atom. The molecular formula is C132H238N2O4. The summed E-state index contributed by atoms with van der Waals surface area (Å²) in [7, 11) is 0. The smallest absolute Gasteiger partial charge is 0.222 e. The van der Waals surface area contributed by atoms with E-state index in [0.717, 1.165) is 200 Å². The number of aliphatic hydroxyl groups excluding tert-OH is 2. The minimum absolute atomic E-state index is 0.0346. The number of aliphatic hydroxyl groups is 2. The number of nitrogens with one attached hydrogen (secondary N) is 2. The first kappa shape index (κ1) is 114. The van der Waals surface area contributed by atoms with Crippen molar-refractivity contribution in [3.8, 4) is 0 Å². The summed E-state index contributed by atoms with van der Waals surface area (Å²) in [6.45, 7) is 15.2. The van der Waals surface area contributed by atoms with Crippen LogP contribution in [-0.4, -0.2) is 46.3 Å². The number of hydrogen-bond acceptors (Lipinski definition) is 4. The molecule has 138 heavy (non-hydrogen) atoms. The Balaban J connectivity index is 0.656. The molecule has 0 saturated heterocycles. The number of unbranched alkanes of at least 4 members (excludes halogenated alkanes) is 16. The summed E-state index contributed by atoms with van der Waals surface area (Å²) in [6.07, 6.45) is 128. The standard InChI is InChI=1S/C132H238N2O4/c1-7-9-11-13-15-17-19-33-46-79-125(135)96-131(137)133-129-95-119(82-81-101(129)5)128-98-127(102(6)87-130(128)134-132(138)97-126(136)80-47-34-20-18-16-14-12-10-8-2)118-78-54-77-116(90-123(92-118)108-61-42-31-24-32-43-62-108)111-73-52-74-112(84-99(3)83-111)121-86-100(4)85-120(93-124(94-121)110-71-48-65-104(66-49-72-110)103-55-36-25-21-26-37-56-103)109-69-50-67-106(68-51-70-109)114-75-53-76-117(91-122(89-114)107-59-40-29-23-30-41-60-107)115-64-45-35-44-63-113(88-115)105-57-38-27-22-28-39-58-105/h99-130,135-136H,7-98H2,1-6H3,(H,133,137)(H,134,138)/t99?,100-,101?,102?,104?,106?,109?,110?,111?,112?,113?,114?,115?,116?,117?,118?,119?,120?,121?,122?,123?,124?,125+,126+,127?,128?,129?,130?/m1/s1. The van der Waals surface area contributed by atoms with Gasteiger partial charge in [0.1, 0.15) is 0 Å². The van der Waals surface area contributed by atoms with Crippen molar-refractivity contribution in [2.75, 3.05) is 0 Å². The van der Waals surface area contributed by atoms with Gasteiger partial charge in [0.05, 0.1) is 25.0 Å². The van der Waals surface area contributed by atoms with E-state index in [0.29, 0.717) is 29.6 Å². The summed E-state index contributed by atoms with van der Waals surface area (Å²) in [5.41, 5.74) is 0. The summed E-state index contributed by atoms with van der Waals surface area (Å²) < 4.78 is 0. The predicted molar refractivity (Wildman–Crippen MR) is 592 cm³/mol. The van der Waals surface area contributed by atoms with Crippen molar-refractivity contribution in [2.45, 2.75) is 657 Å². The van der Waals surface area contributed by atoms with E-state index in [1.165, 1.54) is 315 Å². The average molecular weight is 1920 g/mol. The third-order valence-corrected chi connectivity index (χ3v) is 44.7. The zero-order valence-electron chi connectivity index (χ0n) is 93.2.